The molecular formula is C11H14N2O4. The zero-order chi connectivity index (χ0) is 13.0. The molecule has 0 saturated heterocycles. The minimum atomic E-state index is -0.880. The molecule has 1 N–H and O–H groups in total. The van der Waals surface area contributed by atoms with E-state index in [1.54, 1.807) is 31.1 Å². The summed E-state index contributed by atoms with van der Waals surface area (Å²) in [6.07, 6.45) is 0.388. The number of aryl methyl sites for hydroxylation is 1. The van der Waals surface area contributed by atoms with Gasteiger partial charge in [-0.05, 0) is 18.1 Å². The molecule has 92 valence electrons. The third-order valence-corrected chi connectivity index (χ3v) is 2.35. The molecule has 1 aromatic rings. The van der Waals surface area contributed by atoms with E-state index in [0.717, 1.165) is 5.56 Å². The molecule has 0 fully saturated rings. The van der Waals surface area contributed by atoms with Gasteiger partial charge in [-0.2, -0.15) is 0 Å². The number of nitro groups is 1. The molecule has 1 rings (SSSR count). The van der Waals surface area contributed by atoms with Crippen LogP contribution in [0.15, 0.2) is 18.2 Å². The van der Waals surface area contributed by atoms with E-state index < -0.39 is 10.9 Å². The smallest absolute Gasteiger partial charge is 0.303 e. The van der Waals surface area contributed by atoms with Gasteiger partial charge in [-0.15, -0.1) is 0 Å². The Morgan fingerprint density at radius 2 is 2.12 bits per heavy atom. The van der Waals surface area contributed by atoms with Gasteiger partial charge in [0.05, 0.1) is 4.92 Å². The Hall–Kier alpha value is -2.11. The van der Waals surface area contributed by atoms with Gasteiger partial charge in [0, 0.05) is 26.6 Å². The van der Waals surface area contributed by atoms with Crippen molar-refractivity contribution in [2.45, 2.75) is 12.8 Å². The fourth-order valence-corrected chi connectivity index (χ4v) is 1.49. The van der Waals surface area contributed by atoms with Crippen LogP contribution in [0, 0.1) is 10.1 Å². The van der Waals surface area contributed by atoms with Gasteiger partial charge in [0.15, 0.2) is 0 Å². The highest BCUT2D eigenvalue weighted by Gasteiger charge is 2.15. The van der Waals surface area contributed by atoms with Crippen molar-refractivity contribution in [2.75, 3.05) is 19.0 Å². The number of hydrogen-bond acceptors (Lipinski definition) is 4. The molecule has 0 heterocycles. The van der Waals surface area contributed by atoms with Gasteiger partial charge in [0.2, 0.25) is 0 Å². The highest BCUT2D eigenvalue weighted by molar-refractivity contribution is 5.68. The van der Waals surface area contributed by atoms with Crippen LogP contribution < -0.4 is 4.90 Å². The Morgan fingerprint density at radius 3 is 2.59 bits per heavy atom. The van der Waals surface area contributed by atoms with Crippen molar-refractivity contribution < 1.29 is 14.8 Å². The average molecular weight is 238 g/mol. The lowest BCUT2D eigenvalue weighted by Crippen LogP contribution is -2.11. The van der Waals surface area contributed by atoms with Crippen molar-refractivity contribution in [2.24, 2.45) is 0 Å². The molecule has 0 saturated carbocycles. The summed E-state index contributed by atoms with van der Waals surface area (Å²) in [6.45, 7) is 0. The summed E-state index contributed by atoms with van der Waals surface area (Å²) in [5, 5.41) is 19.4. The van der Waals surface area contributed by atoms with Crippen LogP contribution in [0.2, 0.25) is 0 Å². The maximum atomic E-state index is 10.8. The van der Waals surface area contributed by atoms with Crippen molar-refractivity contribution in [3.8, 4) is 0 Å². The highest BCUT2D eigenvalue weighted by Crippen LogP contribution is 2.28. The average Bonchev–Trinajstić information content (AvgIpc) is 2.25. The van der Waals surface area contributed by atoms with E-state index in [2.05, 4.69) is 0 Å². The molecule has 0 aliphatic carbocycles. The Bertz CT molecular complexity index is 443. The molecule has 17 heavy (non-hydrogen) atoms. The lowest BCUT2D eigenvalue weighted by molar-refractivity contribution is -0.384. The fourth-order valence-electron chi connectivity index (χ4n) is 1.49. The molecule has 0 aromatic heterocycles. The predicted molar refractivity (Wildman–Crippen MR) is 63.4 cm³/mol. The number of nitrogens with zero attached hydrogens (tertiary/aromatic N) is 2. The highest BCUT2D eigenvalue weighted by atomic mass is 16.6. The SMILES string of the molecule is CN(C)c1cc(CCC(=O)O)ccc1[N+](=O)[O-]. The molecule has 0 aliphatic rings. The van der Waals surface area contributed by atoms with E-state index in [-0.39, 0.29) is 12.1 Å². The van der Waals surface area contributed by atoms with Crippen molar-refractivity contribution in [1.82, 2.24) is 0 Å². The minimum absolute atomic E-state index is 0.0185. The number of carboxylic acids is 1. The minimum Gasteiger partial charge on any atom is -0.481 e. The van der Waals surface area contributed by atoms with Crippen LogP contribution in [0.1, 0.15) is 12.0 Å². The maximum Gasteiger partial charge on any atom is 0.303 e. The maximum absolute atomic E-state index is 10.8. The standard InChI is InChI=1S/C11H14N2O4/c1-12(2)10-7-8(4-6-11(14)15)3-5-9(10)13(16)17/h3,5,7H,4,6H2,1-2H3,(H,14,15). The van der Waals surface area contributed by atoms with Crippen LogP contribution in [0.3, 0.4) is 0 Å². The van der Waals surface area contributed by atoms with E-state index >= 15 is 0 Å². The first-order chi connectivity index (χ1) is 7.91. The summed E-state index contributed by atoms with van der Waals surface area (Å²) in [7, 11) is 3.42. The third-order valence-electron chi connectivity index (χ3n) is 2.35. The Morgan fingerprint density at radius 1 is 1.47 bits per heavy atom. The first kappa shape index (κ1) is 13.0. The molecule has 0 radical (unpaired) electrons. The van der Waals surface area contributed by atoms with Crippen molar-refractivity contribution >= 4 is 17.3 Å². The lowest BCUT2D eigenvalue weighted by Gasteiger charge is -2.13. The Balaban J connectivity index is 3.01. The monoisotopic (exact) mass is 238 g/mol. The summed E-state index contributed by atoms with van der Waals surface area (Å²) in [5.74, 6) is -0.880. The Kier molecular flexibility index (Phi) is 4.03. The second-order valence-electron chi connectivity index (χ2n) is 3.87. The number of carbonyl (C=O) groups is 1. The van der Waals surface area contributed by atoms with Gasteiger partial charge in [-0.25, -0.2) is 0 Å². The zero-order valence-corrected chi connectivity index (χ0v) is 9.71. The zero-order valence-electron chi connectivity index (χ0n) is 9.71. The predicted octanol–water partition coefficient (Wildman–Crippen LogP) is 1.68. The van der Waals surface area contributed by atoms with Gasteiger partial charge < -0.3 is 10.0 Å². The Labute approximate surface area is 98.6 Å². The van der Waals surface area contributed by atoms with Gasteiger partial charge in [0.1, 0.15) is 5.69 Å². The summed E-state index contributed by atoms with van der Waals surface area (Å²) < 4.78 is 0. The third kappa shape index (κ3) is 3.44. The van der Waals surface area contributed by atoms with E-state index in [1.165, 1.54) is 6.07 Å². The van der Waals surface area contributed by atoms with Crippen molar-refractivity contribution in [3.63, 3.8) is 0 Å². The fraction of sp³-hybridized carbons (Fsp3) is 0.364. The molecule has 0 spiro atoms. The van der Waals surface area contributed by atoms with E-state index in [4.69, 9.17) is 5.11 Å². The first-order valence-corrected chi connectivity index (χ1v) is 5.08. The summed E-state index contributed by atoms with van der Waals surface area (Å²) >= 11 is 0. The number of carboxylic acid groups (broad SMARTS) is 1. The van der Waals surface area contributed by atoms with E-state index in [0.29, 0.717) is 12.1 Å². The molecule has 0 bridgehead atoms. The molecule has 6 nitrogen and oxygen atoms in total. The largest absolute Gasteiger partial charge is 0.481 e. The van der Waals surface area contributed by atoms with Crippen LogP contribution in [0.5, 0.6) is 0 Å². The van der Waals surface area contributed by atoms with Crippen LogP contribution in [-0.4, -0.2) is 30.1 Å². The number of anilines is 1. The number of aliphatic carboxylic acids is 1. The molecule has 0 atom stereocenters. The number of hydrogen-bond donors (Lipinski definition) is 1. The quantitative estimate of drug-likeness (QED) is 0.623. The summed E-state index contributed by atoms with van der Waals surface area (Å²) in [6, 6.07) is 4.65. The molecule has 1 aromatic carbocycles. The van der Waals surface area contributed by atoms with Crippen molar-refractivity contribution in [1.29, 1.82) is 0 Å². The van der Waals surface area contributed by atoms with Gasteiger partial charge >= 0.3 is 5.97 Å². The molecule has 6 heteroatoms. The van der Waals surface area contributed by atoms with Gasteiger partial charge in [0.25, 0.3) is 5.69 Å². The van der Waals surface area contributed by atoms with E-state index in [9.17, 15) is 14.9 Å². The molecular weight excluding hydrogens is 224 g/mol. The topological polar surface area (TPSA) is 83.7 Å². The van der Waals surface area contributed by atoms with Crippen LogP contribution in [-0.2, 0) is 11.2 Å². The second kappa shape index (κ2) is 5.29. The molecule has 0 amide bonds. The van der Waals surface area contributed by atoms with Gasteiger partial charge in [-0.3, -0.25) is 14.9 Å². The van der Waals surface area contributed by atoms with Gasteiger partial charge in [-0.1, -0.05) is 6.07 Å². The molecule has 0 unspecified atom stereocenters. The number of nitro benzene ring substituents is 1. The second-order valence-corrected chi connectivity index (χ2v) is 3.87. The number of benzene rings is 1. The van der Waals surface area contributed by atoms with Crippen LogP contribution >= 0.6 is 0 Å². The first-order valence-electron chi connectivity index (χ1n) is 5.08. The van der Waals surface area contributed by atoms with Crippen molar-refractivity contribution in [3.05, 3.63) is 33.9 Å². The number of rotatable bonds is 5. The molecule has 0 aliphatic heterocycles. The lowest BCUT2D eigenvalue weighted by atomic mass is 10.1. The van der Waals surface area contributed by atoms with E-state index in [1.807, 2.05) is 0 Å². The summed E-state index contributed by atoms with van der Waals surface area (Å²) in [4.78, 5) is 22.4. The van der Waals surface area contributed by atoms with Crippen LogP contribution in [0.25, 0.3) is 0 Å². The summed E-state index contributed by atoms with van der Waals surface area (Å²) in [5.41, 5.74) is 1.29. The normalized spacial score (nSPS) is 10.0. The van der Waals surface area contributed by atoms with Crippen LogP contribution in [0.4, 0.5) is 11.4 Å².